The number of carbonyl (C=O) groups excluding carboxylic acids is 2. The van der Waals surface area contributed by atoms with Crippen molar-refractivity contribution >= 4 is 33.4 Å². The summed E-state index contributed by atoms with van der Waals surface area (Å²) < 4.78 is 17.1. The molecule has 2 saturated heterocycles. The Hall–Kier alpha value is -2.84. The Bertz CT molecular complexity index is 1080. The van der Waals surface area contributed by atoms with Gasteiger partial charge in [-0.05, 0) is 53.0 Å². The standard InChI is InChI=1S/C24H24BrNO6/c1-30-18-8-4-3-7-16(18)21-20(22(27)14-9-10-19(31-2)17(25)12-14)23(28)24(29)26(21)13-15-6-5-11-32-15/h3-4,7-10,12,15,21,27H,5-6,11,13H2,1-2H3/b22-20+. The third kappa shape index (κ3) is 4.00. The molecule has 0 aliphatic carbocycles. The van der Waals surface area contributed by atoms with Crippen LogP contribution in [0.5, 0.6) is 11.5 Å². The Balaban J connectivity index is 1.86. The maximum absolute atomic E-state index is 13.2. The fourth-order valence-electron chi connectivity index (χ4n) is 4.26. The molecule has 1 amide bonds. The van der Waals surface area contributed by atoms with Crippen LogP contribution in [0.4, 0.5) is 0 Å². The first kappa shape index (κ1) is 22.4. The number of likely N-dealkylation sites (tertiary alicyclic amines) is 1. The normalized spacial score (nSPS) is 22.4. The third-order valence-corrected chi connectivity index (χ3v) is 6.44. The van der Waals surface area contributed by atoms with E-state index in [-0.39, 0.29) is 24.0 Å². The number of nitrogens with zero attached hydrogens (tertiary/aromatic N) is 1. The van der Waals surface area contributed by atoms with Gasteiger partial charge in [-0.3, -0.25) is 9.59 Å². The van der Waals surface area contributed by atoms with Gasteiger partial charge in [-0.1, -0.05) is 18.2 Å². The summed E-state index contributed by atoms with van der Waals surface area (Å²) in [7, 11) is 3.07. The molecule has 4 rings (SSSR count). The van der Waals surface area contributed by atoms with Crippen LogP contribution in [0.2, 0.25) is 0 Å². The number of Topliss-reactive ketones (excluding diaryl/α,β-unsaturated/α-hetero) is 1. The molecular formula is C24H24BrNO6. The van der Waals surface area contributed by atoms with Gasteiger partial charge in [0, 0.05) is 24.3 Å². The molecule has 0 bridgehead atoms. The molecule has 2 aromatic carbocycles. The SMILES string of the molecule is COc1ccc(/C(O)=C2\C(=O)C(=O)N(CC3CCCO3)C2c2ccccc2OC)cc1Br. The number of ether oxygens (including phenoxy) is 3. The van der Waals surface area contributed by atoms with E-state index in [1.54, 1.807) is 30.3 Å². The first-order valence-corrected chi connectivity index (χ1v) is 11.1. The fourth-order valence-corrected chi connectivity index (χ4v) is 4.80. The number of rotatable bonds is 6. The zero-order chi connectivity index (χ0) is 22.8. The molecule has 0 saturated carbocycles. The van der Waals surface area contributed by atoms with Gasteiger partial charge in [0.25, 0.3) is 11.7 Å². The lowest BCUT2D eigenvalue weighted by Crippen LogP contribution is -2.36. The fraction of sp³-hybridized carbons (Fsp3) is 0.333. The summed E-state index contributed by atoms with van der Waals surface area (Å²) in [6.07, 6.45) is 1.57. The van der Waals surface area contributed by atoms with Crippen molar-refractivity contribution in [2.45, 2.75) is 25.0 Å². The van der Waals surface area contributed by atoms with Crippen LogP contribution in [-0.2, 0) is 14.3 Å². The highest BCUT2D eigenvalue weighted by atomic mass is 79.9. The van der Waals surface area contributed by atoms with E-state index >= 15 is 0 Å². The van der Waals surface area contributed by atoms with E-state index in [4.69, 9.17) is 14.2 Å². The van der Waals surface area contributed by atoms with E-state index < -0.39 is 17.7 Å². The number of halogens is 1. The lowest BCUT2D eigenvalue weighted by atomic mass is 9.94. The van der Waals surface area contributed by atoms with Crippen LogP contribution in [0.15, 0.2) is 52.5 Å². The number of ketones is 1. The van der Waals surface area contributed by atoms with Crippen LogP contribution in [-0.4, -0.2) is 55.2 Å². The van der Waals surface area contributed by atoms with Gasteiger partial charge in [-0.25, -0.2) is 0 Å². The summed E-state index contributed by atoms with van der Waals surface area (Å²) in [6, 6.07) is 11.4. The van der Waals surface area contributed by atoms with Crippen molar-refractivity contribution in [1.82, 2.24) is 4.90 Å². The van der Waals surface area contributed by atoms with Crippen LogP contribution >= 0.6 is 15.9 Å². The van der Waals surface area contributed by atoms with Gasteiger partial charge in [0.15, 0.2) is 0 Å². The smallest absolute Gasteiger partial charge is 0.295 e. The third-order valence-electron chi connectivity index (χ3n) is 5.82. The lowest BCUT2D eigenvalue weighted by Gasteiger charge is -2.28. The average Bonchev–Trinajstić information content (AvgIpc) is 3.41. The van der Waals surface area contributed by atoms with Crippen molar-refractivity contribution in [3.8, 4) is 11.5 Å². The highest BCUT2D eigenvalue weighted by Gasteiger charge is 2.48. The van der Waals surface area contributed by atoms with Gasteiger partial charge in [0.2, 0.25) is 0 Å². The molecule has 0 radical (unpaired) electrons. The first-order chi connectivity index (χ1) is 15.5. The van der Waals surface area contributed by atoms with Crippen molar-refractivity contribution in [1.29, 1.82) is 0 Å². The largest absolute Gasteiger partial charge is 0.507 e. The molecule has 7 nitrogen and oxygen atoms in total. The van der Waals surface area contributed by atoms with Gasteiger partial charge in [0.1, 0.15) is 17.3 Å². The van der Waals surface area contributed by atoms with Gasteiger partial charge < -0.3 is 24.2 Å². The van der Waals surface area contributed by atoms with Gasteiger partial charge >= 0.3 is 0 Å². The van der Waals surface area contributed by atoms with Crippen molar-refractivity contribution in [2.75, 3.05) is 27.4 Å². The van der Waals surface area contributed by atoms with E-state index in [1.807, 2.05) is 12.1 Å². The van der Waals surface area contributed by atoms with Crippen LogP contribution < -0.4 is 9.47 Å². The van der Waals surface area contributed by atoms with Crippen LogP contribution in [0.25, 0.3) is 5.76 Å². The van der Waals surface area contributed by atoms with Crippen molar-refractivity contribution in [2.24, 2.45) is 0 Å². The molecule has 168 valence electrons. The molecular weight excluding hydrogens is 478 g/mol. The number of benzene rings is 2. The molecule has 1 N–H and O–H groups in total. The molecule has 2 heterocycles. The number of para-hydroxylation sites is 1. The highest BCUT2D eigenvalue weighted by molar-refractivity contribution is 9.10. The molecule has 2 aliphatic heterocycles. The molecule has 2 unspecified atom stereocenters. The van der Waals surface area contributed by atoms with Crippen molar-refractivity contribution in [3.05, 3.63) is 63.6 Å². The average molecular weight is 502 g/mol. The number of aliphatic hydroxyl groups excluding tert-OH is 1. The summed E-state index contributed by atoms with van der Waals surface area (Å²) in [4.78, 5) is 27.8. The predicted octanol–water partition coefficient (Wildman–Crippen LogP) is 4.07. The Kier molecular flexibility index (Phi) is 6.53. The number of carbonyl (C=O) groups is 2. The lowest BCUT2D eigenvalue weighted by molar-refractivity contribution is -0.140. The number of aliphatic hydroxyl groups is 1. The van der Waals surface area contributed by atoms with Gasteiger partial charge in [-0.15, -0.1) is 0 Å². The van der Waals surface area contributed by atoms with Crippen molar-refractivity contribution in [3.63, 3.8) is 0 Å². The predicted molar refractivity (Wildman–Crippen MR) is 122 cm³/mol. The molecule has 8 heteroatoms. The van der Waals surface area contributed by atoms with E-state index in [1.165, 1.54) is 19.1 Å². The Morgan fingerprint density at radius 3 is 2.56 bits per heavy atom. The molecule has 2 fully saturated rings. The zero-order valence-electron chi connectivity index (χ0n) is 17.8. The maximum Gasteiger partial charge on any atom is 0.295 e. The minimum atomic E-state index is -0.795. The summed E-state index contributed by atoms with van der Waals surface area (Å²) in [5, 5.41) is 11.2. The zero-order valence-corrected chi connectivity index (χ0v) is 19.4. The van der Waals surface area contributed by atoms with E-state index in [9.17, 15) is 14.7 Å². The monoisotopic (exact) mass is 501 g/mol. The van der Waals surface area contributed by atoms with Gasteiger partial charge in [-0.2, -0.15) is 0 Å². The minimum Gasteiger partial charge on any atom is -0.507 e. The number of methoxy groups -OCH3 is 2. The molecule has 2 aromatic rings. The van der Waals surface area contributed by atoms with Gasteiger partial charge in [0.05, 0.1) is 36.4 Å². The second-order valence-electron chi connectivity index (χ2n) is 7.68. The van der Waals surface area contributed by atoms with Crippen LogP contribution in [0.3, 0.4) is 0 Å². The minimum absolute atomic E-state index is 0.0227. The molecule has 0 aromatic heterocycles. The molecule has 32 heavy (non-hydrogen) atoms. The summed E-state index contributed by atoms with van der Waals surface area (Å²) in [6.45, 7) is 0.893. The molecule has 2 atom stereocenters. The number of amides is 1. The van der Waals surface area contributed by atoms with E-state index in [0.29, 0.717) is 33.7 Å². The number of hydrogen-bond acceptors (Lipinski definition) is 6. The Morgan fingerprint density at radius 1 is 1.16 bits per heavy atom. The van der Waals surface area contributed by atoms with E-state index in [2.05, 4.69) is 15.9 Å². The Labute approximate surface area is 194 Å². The van der Waals surface area contributed by atoms with Crippen LogP contribution in [0, 0.1) is 0 Å². The second-order valence-corrected chi connectivity index (χ2v) is 8.53. The first-order valence-electron chi connectivity index (χ1n) is 10.3. The summed E-state index contributed by atoms with van der Waals surface area (Å²) >= 11 is 3.41. The van der Waals surface area contributed by atoms with Crippen LogP contribution in [0.1, 0.15) is 30.0 Å². The van der Waals surface area contributed by atoms with E-state index in [0.717, 1.165) is 12.8 Å². The maximum atomic E-state index is 13.2. The molecule has 2 aliphatic rings. The topological polar surface area (TPSA) is 85.3 Å². The number of hydrogen-bond donors (Lipinski definition) is 1. The molecule has 0 spiro atoms. The quantitative estimate of drug-likeness (QED) is 0.364. The summed E-state index contributed by atoms with van der Waals surface area (Å²) in [5.41, 5.74) is 1.04. The second kappa shape index (κ2) is 9.34. The summed E-state index contributed by atoms with van der Waals surface area (Å²) in [5.74, 6) is -0.536. The van der Waals surface area contributed by atoms with Crippen molar-refractivity contribution < 1.29 is 28.9 Å². The Morgan fingerprint density at radius 2 is 1.91 bits per heavy atom. The highest BCUT2D eigenvalue weighted by Crippen LogP contribution is 2.43.